The lowest BCUT2D eigenvalue weighted by Gasteiger charge is -2.25. The summed E-state index contributed by atoms with van der Waals surface area (Å²) >= 11 is 0. The lowest BCUT2D eigenvalue weighted by Crippen LogP contribution is -2.29. The highest BCUT2D eigenvalue weighted by molar-refractivity contribution is 6.05. The van der Waals surface area contributed by atoms with E-state index in [-0.39, 0.29) is 17.6 Å². The molecule has 0 radical (unpaired) electrons. The summed E-state index contributed by atoms with van der Waals surface area (Å²) in [6.45, 7) is 7.56. The molecule has 1 aliphatic heterocycles. The molecule has 0 spiro atoms. The Balaban J connectivity index is 1.69. The van der Waals surface area contributed by atoms with E-state index in [0.717, 1.165) is 37.3 Å². The van der Waals surface area contributed by atoms with E-state index in [1.54, 1.807) is 30.5 Å². The molecule has 2 aromatic carbocycles. The molecule has 2 heterocycles. The zero-order valence-corrected chi connectivity index (χ0v) is 18.2. The molecule has 0 aliphatic carbocycles. The molecule has 1 fully saturated rings. The van der Waals surface area contributed by atoms with Crippen molar-refractivity contribution in [3.05, 3.63) is 76.6 Å². The van der Waals surface area contributed by atoms with Crippen LogP contribution in [0.2, 0.25) is 0 Å². The second-order valence-electron chi connectivity index (χ2n) is 8.24. The average molecular weight is 417 g/mol. The molecular weight excluding hydrogens is 388 g/mol. The molecule has 1 aliphatic rings. The van der Waals surface area contributed by atoms with Crippen molar-refractivity contribution >= 4 is 17.4 Å². The summed E-state index contributed by atoms with van der Waals surface area (Å²) in [4.78, 5) is 24.7. The fourth-order valence-corrected chi connectivity index (χ4v) is 4.07. The molecule has 6 nitrogen and oxygen atoms in total. The van der Waals surface area contributed by atoms with E-state index in [9.17, 15) is 9.59 Å². The first-order valence-corrected chi connectivity index (χ1v) is 10.7. The molecule has 1 amide bonds. The number of hydrogen-bond acceptors (Lipinski definition) is 4. The normalized spacial score (nSPS) is 14.4. The summed E-state index contributed by atoms with van der Waals surface area (Å²) in [5, 5.41) is 11.0. The van der Waals surface area contributed by atoms with Gasteiger partial charge in [0.2, 0.25) is 0 Å². The fraction of sp³-hybridized carbons (Fsp3) is 0.320. The van der Waals surface area contributed by atoms with Crippen molar-refractivity contribution in [1.82, 2.24) is 15.1 Å². The minimum Gasteiger partial charge on any atom is -0.322 e. The van der Waals surface area contributed by atoms with E-state index in [1.807, 2.05) is 4.68 Å². The van der Waals surface area contributed by atoms with Crippen molar-refractivity contribution in [2.45, 2.75) is 39.5 Å². The van der Waals surface area contributed by atoms with Crippen LogP contribution in [-0.2, 0) is 0 Å². The van der Waals surface area contributed by atoms with Gasteiger partial charge in [0.05, 0.1) is 23.1 Å². The smallest absolute Gasteiger partial charge is 0.259 e. The Kier molecular flexibility index (Phi) is 6.00. The molecule has 160 valence electrons. The maximum atomic E-state index is 13.2. The largest absolute Gasteiger partial charge is 0.322 e. The molecule has 0 bridgehead atoms. The van der Waals surface area contributed by atoms with Crippen LogP contribution in [0, 0.1) is 13.8 Å². The van der Waals surface area contributed by atoms with Crippen LogP contribution in [0.25, 0.3) is 5.69 Å². The predicted molar refractivity (Wildman–Crippen MR) is 122 cm³/mol. The lowest BCUT2D eigenvalue weighted by molar-refractivity contribution is 0.101. The van der Waals surface area contributed by atoms with Crippen molar-refractivity contribution < 1.29 is 9.59 Å². The van der Waals surface area contributed by atoms with Gasteiger partial charge in [0.15, 0.2) is 5.78 Å². The van der Waals surface area contributed by atoms with Crippen molar-refractivity contribution in [3.63, 3.8) is 0 Å². The highest BCUT2D eigenvalue weighted by Crippen LogP contribution is 2.31. The van der Waals surface area contributed by atoms with Gasteiger partial charge in [-0.1, -0.05) is 6.07 Å². The number of anilines is 1. The van der Waals surface area contributed by atoms with Crippen LogP contribution in [0.1, 0.15) is 63.2 Å². The standard InChI is InChI=1S/C25H28N4O2/c1-16-4-9-22(14-17(16)2)29-24(20-10-12-26-13-11-20)23(15-27-29)25(31)28-21-7-5-19(6-8-21)18(3)30/h4-9,14-15,20,26H,10-13H2,1-3H3,(H,28,31). The number of nitrogens with one attached hydrogen (secondary N) is 2. The van der Waals surface area contributed by atoms with Gasteiger partial charge in [0.1, 0.15) is 0 Å². The molecule has 6 heteroatoms. The Hall–Kier alpha value is -3.25. The zero-order chi connectivity index (χ0) is 22.0. The Bertz CT molecular complexity index is 1110. The van der Waals surface area contributed by atoms with Gasteiger partial charge in [-0.15, -0.1) is 0 Å². The van der Waals surface area contributed by atoms with E-state index in [4.69, 9.17) is 0 Å². The van der Waals surface area contributed by atoms with Crippen LogP contribution in [-0.4, -0.2) is 34.6 Å². The Morgan fingerprint density at radius 2 is 1.74 bits per heavy atom. The summed E-state index contributed by atoms with van der Waals surface area (Å²) in [6, 6.07) is 13.2. The number of rotatable bonds is 5. The van der Waals surface area contributed by atoms with Crippen LogP contribution in [0.3, 0.4) is 0 Å². The van der Waals surface area contributed by atoms with Crippen LogP contribution < -0.4 is 10.6 Å². The minimum absolute atomic E-state index is 0.000684. The number of ketones is 1. The number of amides is 1. The Labute approximate surface area is 182 Å². The fourth-order valence-electron chi connectivity index (χ4n) is 4.07. The predicted octanol–water partition coefficient (Wildman–Crippen LogP) is 4.41. The monoisotopic (exact) mass is 416 g/mol. The molecule has 1 saturated heterocycles. The second-order valence-corrected chi connectivity index (χ2v) is 8.24. The zero-order valence-electron chi connectivity index (χ0n) is 18.2. The van der Waals surface area contributed by atoms with Crippen molar-refractivity contribution in [2.75, 3.05) is 18.4 Å². The average Bonchev–Trinajstić information content (AvgIpc) is 3.22. The summed E-state index contributed by atoms with van der Waals surface area (Å²) in [5.74, 6) is 0.0751. The number of nitrogens with zero attached hydrogens (tertiary/aromatic N) is 2. The first-order valence-electron chi connectivity index (χ1n) is 10.7. The van der Waals surface area contributed by atoms with Gasteiger partial charge in [-0.05, 0) is 94.2 Å². The van der Waals surface area contributed by atoms with Gasteiger partial charge in [-0.2, -0.15) is 5.10 Å². The first-order chi connectivity index (χ1) is 14.9. The maximum absolute atomic E-state index is 13.2. The third kappa shape index (κ3) is 4.44. The Morgan fingerprint density at radius 1 is 1.03 bits per heavy atom. The number of aryl methyl sites for hydroxylation is 2. The van der Waals surface area contributed by atoms with Crippen molar-refractivity contribution in [3.8, 4) is 5.69 Å². The van der Waals surface area contributed by atoms with Gasteiger partial charge in [-0.3, -0.25) is 9.59 Å². The molecule has 31 heavy (non-hydrogen) atoms. The number of carbonyl (C=O) groups is 2. The van der Waals surface area contributed by atoms with Gasteiger partial charge >= 0.3 is 0 Å². The quantitative estimate of drug-likeness (QED) is 0.604. The molecule has 1 aromatic heterocycles. The second kappa shape index (κ2) is 8.86. The molecule has 0 atom stereocenters. The van der Waals surface area contributed by atoms with E-state index < -0.39 is 0 Å². The van der Waals surface area contributed by atoms with Gasteiger partial charge in [0.25, 0.3) is 5.91 Å². The number of Topliss-reactive ketones (excluding diaryl/α,β-unsaturated/α-hetero) is 1. The highest BCUT2D eigenvalue weighted by Gasteiger charge is 2.27. The molecule has 0 saturated carbocycles. The number of benzene rings is 2. The van der Waals surface area contributed by atoms with Gasteiger partial charge in [-0.25, -0.2) is 4.68 Å². The lowest BCUT2D eigenvalue weighted by atomic mass is 9.91. The Morgan fingerprint density at radius 3 is 2.39 bits per heavy atom. The third-order valence-corrected chi connectivity index (χ3v) is 6.06. The topological polar surface area (TPSA) is 76.0 Å². The van der Waals surface area contributed by atoms with Gasteiger partial charge < -0.3 is 10.6 Å². The molecule has 4 rings (SSSR count). The number of carbonyl (C=O) groups excluding carboxylic acids is 2. The molecule has 2 N–H and O–H groups in total. The van der Waals surface area contributed by atoms with E-state index in [1.165, 1.54) is 18.1 Å². The summed E-state index contributed by atoms with van der Waals surface area (Å²) < 4.78 is 1.93. The first kappa shape index (κ1) is 21.0. The number of hydrogen-bond donors (Lipinski definition) is 2. The number of piperidine rings is 1. The third-order valence-electron chi connectivity index (χ3n) is 6.06. The van der Waals surface area contributed by atoms with Crippen LogP contribution >= 0.6 is 0 Å². The number of aromatic nitrogens is 2. The van der Waals surface area contributed by atoms with E-state index >= 15 is 0 Å². The van der Waals surface area contributed by atoms with Gasteiger partial charge in [0, 0.05) is 17.2 Å². The summed E-state index contributed by atoms with van der Waals surface area (Å²) in [6.07, 6.45) is 3.60. The van der Waals surface area contributed by atoms with Crippen molar-refractivity contribution in [2.24, 2.45) is 0 Å². The minimum atomic E-state index is -0.181. The summed E-state index contributed by atoms with van der Waals surface area (Å²) in [5.41, 5.74) is 6.23. The molecule has 0 unspecified atom stereocenters. The highest BCUT2D eigenvalue weighted by atomic mass is 16.1. The SMILES string of the molecule is CC(=O)c1ccc(NC(=O)c2cnn(-c3ccc(C)c(C)c3)c2C2CCNCC2)cc1. The van der Waals surface area contributed by atoms with E-state index in [2.05, 4.69) is 47.8 Å². The van der Waals surface area contributed by atoms with E-state index in [0.29, 0.717) is 16.8 Å². The van der Waals surface area contributed by atoms with Crippen LogP contribution in [0.5, 0.6) is 0 Å². The van der Waals surface area contributed by atoms with Crippen molar-refractivity contribution in [1.29, 1.82) is 0 Å². The summed E-state index contributed by atoms with van der Waals surface area (Å²) in [7, 11) is 0. The maximum Gasteiger partial charge on any atom is 0.259 e. The van der Waals surface area contributed by atoms with Crippen LogP contribution in [0.4, 0.5) is 5.69 Å². The van der Waals surface area contributed by atoms with Crippen LogP contribution in [0.15, 0.2) is 48.7 Å². The molecular formula is C25H28N4O2. The molecule has 3 aromatic rings.